The lowest BCUT2D eigenvalue weighted by atomic mass is 9.81. The molecule has 0 spiro atoms. The summed E-state index contributed by atoms with van der Waals surface area (Å²) in [5, 5.41) is 11.7. The molecule has 0 saturated heterocycles. The first-order chi connectivity index (χ1) is 37.7. The Labute approximate surface area is 437 Å². The maximum atomic E-state index is 11.7. The number of benzene rings is 11. The Morgan fingerprint density at radius 3 is 1.01 bits per heavy atom. The molecule has 0 saturated carbocycles. The molecule has 7 heteroatoms. The Bertz CT molecular complexity index is 4480. The van der Waals surface area contributed by atoms with E-state index in [-0.39, 0.29) is 0 Å². The molecule has 15 aromatic rings. The second-order valence-corrected chi connectivity index (χ2v) is 19.3. The van der Waals surface area contributed by atoms with Crippen LogP contribution >= 0.6 is 0 Å². The number of rotatable bonds is 8. The highest BCUT2D eigenvalue weighted by Crippen LogP contribution is 2.47. The smallest absolute Gasteiger partial charge is 0.220 e. The molecule has 0 aliphatic rings. The van der Waals surface area contributed by atoms with Gasteiger partial charge in [-0.15, -0.1) is 0 Å². The molecule has 0 aliphatic carbocycles. The molecule has 0 amide bonds. The molecule has 76 heavy (non-hydrogen) atoms. The van der Waals surface area contributed by atoms with Gasteiger partial charge in [0.15, 0.2) is 0 Å². The van der Waals surface area contributed by atoms with Crippen LogP contribution in [0.2, 0.25) is 0 Å². The van der Waals surface area contributed by atoms with E-state index >= 15 is 0 Å². The molecule has 0 unspecified atom stereocenters. The lowest BCUT2D eigenvalue weighted by Crippen LogP contribution is -1.98. The van der Waals surface area contributed by atoms with Gasteiger partial charge >= 0.3 is 0 Å². The number of para-hydroxylation sites is 2. The van der Waals surface area contributed by atoms with Gasteiger partial charge < -0.3 is 0 Å². The van der Waals surface area contributed by atoms with E-state index in [0.717, 1.165) is 134 Å². The second kappa shape index (κ2) is 17.3. The molecule has 354 valence electrons. The van der Waals surface area contributed by atoms with E-state index in [1.807, 2.05) is 24.3 Å². The van der Waals surface area contributed by atoms with Gasteiger partial charge in [-0.1, -0.05) is 182 Å². The predicted octanol–water partition coefficient (Wildman–Crippen LogP) is 17.0. The second-order valence-electron chi connectivity index (χ2n) is 19.3. The minimum Gasteiger partial charge on any atom is -0.278 e. The van der Waals surface area contributed by atoms with Gasteiger partial charge in [-0.05, 0) is 134 Å². The van der Waals surface area contributed by atoms with Crippen molar-refractivity contribution >= 4 is 55.7 Å². The Kier molecular flexibility index (Phi) is 9.81. The van der Waals surface area contributed by atoms with E-state index in [9.17, 15) is 5.26 Å². The van der Waals surface area contributed by atoms with Gasteiger partial charge in [0.2, 0.25) is 11.6 Å². The molecule has 4 aromatic heterocycles. The fraction of sp³-hybridized carbons (Fsp3) is 0. The van der Waals surface area contributed by atoms with Crippen LogP contribution < -0.4 is 0 Å². The maximum Gasteiger partial charge on any atom is 0.220 e. The van der Waals surface area contributed by atoms with Crippen LogP contribution in [0.1, 0.15) is 5.56 Å². The monoisotopic (exact) mass is 969 g/mol. The molecule has 0 bridgehead atoms. The molecule has 0 atom stereocenters. The van der Waals surface area contributed by atoms with Crippen LogP contribution in [0, 0.1) is 11.3 Å². The molecular formula is C69H43N7. The SMILES string of the molecule is N#Cc1c(-c2ccccc2)c(-c2ccc3nc4n(-c5ccccc5)c5ccc(-c6ccccc6)cc5n4c3c2)cc(-c2ccc3nc4n(-c5ccccc5)c5ccc(-c6ccccc6)cc5n4c3c2)c1-c1ccccc1. The molecular weight excluding hydrogens is 927 g/mol. The minimum atomic E-state index is 0.600. The van der Waals surface area contributed by atoms with E-state index in [1.54, 1.807) is 0 Å². The van der Waals surface area contributed by atoms with Crippen molar-refractivity contribution in [2.75, 3.05) is 0 Å². The molecule has 15 rings (SSSR count). The van der Waals surface area contributed by atoms with Gasteiger partial charge in [-0.3, -0.25) is 17.9 Å². The standard InChI is InChI=1S/C69H43N7/c70-44-57-66(47-23-11-3-12-24-47)55(51-31-35-58-62(41-51)75-64-39-49(45-19-7-1-8-20-45)33-37-60(64)73(68(75)71-58)53-27-15-5-16-28-53)43-56(67(57)48-25-13-4-14-26-48)52-32-36-59-63(42-52)76-65-40-50(46-21-9-2-10-22-46)34-38-61(65)74(69(76)72-59)54-29-17-6-18-30-54/h1-43H. The number of aromatic nitrogens is 6. The first-order valence-corrected chi connectivity index (χ1v) is 25.5. The van der Waals surface area contributed by atoms with Gasteiger partial charge in [0.05, 0.1) is 49.7 Å². The number of nitrogens with zero attached hydrogens (tertiary/aromatic N) is 7. The zero-order valence-electron chi connectivity index (χ0n) is 41.0. The summed E-state index contributed by atoms with van der Waals surface area (Å²) < 4.78 is 9.11. The molecule has 0 aliphatic heterocycles. The van der Waals surface area contributed by atoms with Gasteiger partial charge in [0.25, 0.3) is 0 Å². The molecule has 0 fully saturated rings. The largest absolute Gasteiger partial charge is 0.278 e. The zero-order chi connectivity index (χ0) is 50.3. The molecule has 0 N–H and O–H groups in total. The summed E-state index contributed by atoms with van der Waals surface area (Å²) in [5.41, 5.74) is 22.6. The fourth-order valence-electron chi connectivity index (χ4n) is 11.6. The van der Waals surface area contributed by atoms with Gasteiger partial charge in [-0.25, -0.2) is 9.97 Å². The normalized spacial score (nSPS) is 11.7. The van der Waals surface area contributed by atoms with E-state index in [4.69, 9.17) is 9.97 Å². The van der Waals surface area contributed by atoms with Gasteiger partial charge in [0, 0.05) is 22.5 Å². The van der Waals surface area contributed by atoms with Crippen LogP contribution in [0.4, 0.5) is 0 Å². The average Bonchev–Trinajstić information content (AvgIpc) is 4.32. The van der Waals surface area contributed by atoms with Crippen LogP contribution in [-0.4, -0.2) is 27.9 Å². The van der Waals surface area contributed by atoms with Gasteiger partial charge in [0.1, 0.15) is 6.07 Å². The fourth-order valence-corrected chi connectivity index (χ4v) is 11.6. The number of hydrogen-bond acceptors (Lipinski definition) is 3. The third-order valence-electron chi connectivity index (χ3n) is 15.0. The van der Waals surface area contributed by atoms with E-state index < -0.39 is 0 Å². The van der Waals surface area contributed by atoms with Crippen molar-refractivity contribution in [1.82, 2.24) is 27.9 Å². The number of imidazole rings is 4. The highest BCUT2D eigenvalue weighted by atomic mass is 15.2. The van der Waals surface area contributed by atoms with Crippen LogP contribution in [0.25, 0.3) is 134 Å². The maximum absolute atomic E-state index is 11.7. The highest BCUT2D eigenvalue weighted by molar-refractivity contribution is 6.04. The van der Waals surface area contributed by atoms with Crippen molar-refractivity contribution in [3.63, 3.8) is 0 Å². The third-order valence-corrected chi connectivity index (χ3v) is 15.0. The summed E-state index contributed by atoms with van der Waals surface area (Å²) in [4.78, 5) is 10.8. The summed E-state index contributed by atoms with van der Waals surface area (Å²) in [5.74, 6) is 1.65. The van der Waals surface area contributed by atoms with Gasteiger partial charge in [-0.2, -0.15) is 5.26 Å². The zero-order valence-corrected chi connectivity index (χ0v) is 41.0. The van der Waals surface area contributed by atoms with Crippen molar-refractivity contribution in [1.29, 1.82) is 5.26 Å². The average molecular weight is 970 g/mol. The highest BCUT2D eigenvalue weighted by Gasteiger charge is 2.26. The van der Waals surface area contributed by atoms with Crippen LogP contribution in [0.3, 0.4) is 0 Å². The molecule has 11 aromatic carbocycles. The van der Waals surface area contributed by atoms with Crippen molar-refractivity contribution in [3.05, 3.63) is 266 Å². The van der Waals surface area contributed by atoms with E-state index in [0.29, 0.717) is 5.56 Å². The Balaban J connectivity index is 1.02. The summed E-state index contributed by atoms with van der Waals surface area (Å²) >= 11 is 0. The first-order valence-electron chi connectivity index (χ1n) is 25.5. The molecule has 7 nitrogen and oxygen atoms in total. The molecule has 4 heterocycles. The van der Waals surface area contributed by atoms with E-state index in [1.165, 1.54) is 0 Å². The Hall–Kier alpha value is -10.6. The number of nitriles is 1. The van der Waals surface area contributed by atoms with Crippen LogP contribution in [0.15, 0.2) is 261 Å². The summed E-state index contributed by atoms with van der Waals surface area (Å²) in [6.45, 7) is 0. The molecule has 0 radical (unpaired) electrons. The third kappa shape index (κ3) is 6.75. The Morgan fingerprint density at radius 2 is 0.632 bits per heavy atom. The Morgan fingerprint density at radius 1 is 0.289 bits per heavy atom. The van der Waals surface area contributed by atoms with Crippen LogP contribution in [-0.2, 0) is 0 Å². The number of hydrogen-bond donors (Lipinski definition) is 0. The minimum absolute atomic E-state index is 0.600. The quantitative estimate of drug-likeness (QED) is 0.152. The lowest BCUT2D eigenvalue weighted by molar-refractivity contribution is 1.11. The van der Waals surface area contributed by atoms with E-state index in [2.05, 4.69) is 261 Å². The summed E-state index contributed by atoms with van der Waals surface area (Å²) in [7, 11) is 0. The van der Waals surface area contributed by atoms with Crippen molar-refractivity contribution in [2.45, 2.75) is 0 Å². The van der Waals surface area contributed by atoms with Crippen LogP contribution in [0.5, 0.6) is 0 Å². The summed E-state index contributed by atoms with van der Waals surface area (Å²) in [6.07, 6.45) is 0. The van der Waals surface area contributed by atoms with Crippen molar-refractivity contribution in [3.8, 4) is 84.2 Å². The first kappa shape index (κ1) is 43.1. The predicted molar refractivity (Wildman–Crippen MR) is 310 cm³/mol. The van der Waals surface area contributed by atoms with Crippen molar-refractivity contribution < 1.29 is 0 Å². The van der Waals surface area contributed by atoms with Crippen molar-refractivity contribution in [2.24, 2.45) is 0 Å². The summed E-state index contributed by atoms with van der Waals surface area (Å²) in [6, 6.07) is 94.3. The lowest BCUT2D eigenvalue weighted by Gasteiger charge is -2.21. The topological polar surface area (TPSA) is 68.2 Å². The number of fused-ring (bicyclic) bond motifs is 10.